The quantitative estimate of drug-likeness (QED) is 0.152. The highest BCUT2D eigenvalue weighted by Gasteiger charge is 2.29. The molecule has 0 spiro atoms. The fourth-order valence-electron chi connectivity index (χ4n) is 7.80. The lowest BCUT2D eigenvalue weighted by molar-refractivity contribution is 0.483. The van der Waals surface area contributed by atoms with Crippen molar-refractivity contribution in [3.8, 4) is 34.1 Å². The van der Waals surface area contributed by atoms with E-state index in [4.69, 9.17) is 14.8 Å². The second-order valence-electron chi connectivity index (χ2n) is 16.3. The molecule has 0 aliphatic carbocycles. The van der Waals surface area contributed by atoms with Crippen LogP contribution < -0.4 is 4.74 Å². The summed E-state index contributed by atoms with van der Waals surface area (Å²) in [6.07, 6.45) is 10.4. The molecule has 0 radical (unpaired) electrons. The molecule has 0 saturated heterocycles. The van der Waals surface area contributed by atoms with E-state index in [1.54, 1.807) is 0 Å². The van der Waals surface area contributed by atoms with Crippen molar-refractivity contribution < 1.29 is 4.74 Å². The lowest BCUT2D eigenvalue weighted by atomic mass is 9.72. The molecule has 3 aromatic heterocycles. The molecule has 0 atom stereocenters. The first-order valence-electron chi connectivity index (χ1n) is 18.9. The van der Waals surface area contributed by atoms with E-state index < -0.39 is 0 Å². The molecule has 5 nitrogen and oxygen atoms in total. The molecule has 3 heterocycles. The molecular formula is C47H52N4O. The smallest absolute Gasteiger partial charge is 0.137 e. The van der Waals surface area contributed by atoms with Gasteiger partial charge in [-0.05, 0) is 106 Å². The zero-order valence-electron chi connectivity index (χ0n) is 32.3. The molecule has 0 fully saturated rings. The Morgan fingerprint density at radius 3 is 2.02 bits per heavy atom. The number of nitrogens with zero attached hydrogens (tertiary/aromatic N) is 4. The number of ether oxygens (including phenoxy) is 1. The molecule has 0 amide bonds. The Morgan fingerprint density at radius 1 is 0.673 bits per heavy atom. The van der Waals surface area contributed by atoms with Crippen molar-refractivity contribution in [1.82, 2.24) is 19.3 Å². The van der Waals surface area contributed by atoms with Gasteiger partial charge < -0.3 is 4.74 Å². The second-order valence-corrected chi connectivity index (χ2v) is 16.3. The molecule has 7 aromatic rings. The van der Waals surface area contributed by atoms with E-state index >= 15 is 0 Å². The number of aromatic nitrogens is 4. The van der Waals surface area contributed by atoms with E-state index in [0.29, 0.717) is 0 Å². The highest BCUT2D eigenvalue weighted by Crippen LogP contribution is 2.43. The van der Waals surface area contributed by atoms with Gasteiger partial charge in [-0.3, -0.25) is 4.57 Å². The van der Waals surface area contributed by atoms with Crippen molar-refractivity contribution in [3.05, 3.63) is 131 Å². The summed E-state index contributed by atoms with van der Waals surface area (Å²) >= 11 is 0. The largest absolute Gasteiger partial charge is 0.457 e. The normalized spacial score (nSPS) is 12.2. The third kappa shape index (κ3) is 6.65. The van der Waals surface area contributed by atoms with Gasteiger partial charge in [0.2, 0.25) is 0 Å². The van der Waals surface area contributed by atoms with Crippen LogP contribution in [0.2, 0.25) is 0 Å². The number of aryl methyl sites for hydroxylation is 1. The molecule has 0 unspecified atom stereocenters. The topological polar surface area (TPSA) is 44.9 Å². The molecule has 266 valence electrons. The van der Waals surface area contributed by atoms with Gasteiger partial charge in [0.1, 0.15) is 17.3 Å². The zero-order chi connectivity index (χ0) is 36.8. The number of para-hydroxylation sites is 1. The molecule has 0 N–H and O–H groups in total. The molecule has 4 aromatic carbocycles. The maximum absolute atomic E-state index is 6.58. The van der Waals surface area contributed by atoms with Crippen LogP contribution >= 0.6 is 0 Å². The summed E-state index contributed by atoms with van der Waals surface area (Å²) < 4.78 is 10.8. The Labute approximate surface area is 309 Å². The van der Waals surface area contributed by atoms with Crippen molar-refractivity contribution in [3.63, 3.8) is 0 Å². The van der Waals surface area contributed by atoms with Crippen molar-refractivity contribution in [2.75, 3.05) is 0 Å². The van der Waals surface area contributed by atoms with Gasteiger partial charge in [-0.15, -0.1) is 0 Å². The maximum atomic E-state index is 6.58. The molecule has 0 aliphatic heterocycles. The maximum Gasteiger partial charge on any atom is 0.137 e. The standard InChI is InChI=1S/C47H52N4O/c1-10-15-38-40(46(4,5)6)28-41(47(7,8)9)39(16-11-2)45(38)32-29-49-50(30-32)33-17-14-18-34(26-33)52-35-21-22-37-36-19-12-13-20-42(36)51(43(37)27-35)44-25-31(3)23-24-48-44/h12-14,17-30H,10-11,15-16H2,1-9H3. The first-order valence-corrected chi connectivity index (χ1v) is 18.9. The first-order chi connectivity index (χ1) is 24.9. The molecule has 0 aliphatic rings. The Balaban J connectivity index is 1.29. The summed E-state index contributed by atoms with van der Waals surface area (Å²) in [6, 6.07) is 29.7. The predicted molar refractivity (Wildman–Crippen MR) is 218 cm³/mol. The molecule has 0 saturated carbocycles. The third-order valence-corrected chi connectivity index (χ3v) is 10.1. The van der Waals surface area contributed by atoms with Crippen LogP contribution in [0.3, 0.4) is 0 Å². The van der Waals surface area contributed by atoms with E-state index in [-0.39, 0.29) is 10.8 Å². The summed E-state index contributed by atoms with van der Waals surface area (Å²) in [4.78, 5) is 4.74. The van der Waals surface area contributed by atoms with Crippen LogP contribution in [0.5, 0.6) is 11.5 Å². The number of benzene rings is 4. The number of hydrogen-bond donors (Lipinski definition) is 0. The van der Waals surface area contributed by atoms with Crippen molar-refractivity contribution >= 4 is 21.8 Å². The van der Waals surface area contributed by atoms with Crippen LogP contribution in [-0.2, 0) is 23.7 Å². The number of rotatable bonds is 9. The molecule has 5 heteroatoms. The first kappa shape index (κ1) is 35.3. The minimum Gasteiger partial charge on any atom is -0.457 e. The van der Waals surface area contributed by atoms with Gasteiger partial charge in [0.05, 0.1) is 22.9 Å². The zero-order valence-corrected chi connectivity index (χ0v) is 32.3. The van der Waals surface area contributed by atoms with Gasteiger partial charge in [-0.25, -0.2) is 9.67 Å². The summed E-state index contributed by atoms with van der Waals surface area (Å²) in [5, 5.41) is 7.32. The minimum atomic E-state index is 0.0274. The van der Waals surface area contributed by atoms with Crippen LogP contribution in [0, 0.1) is 6.92 Å². The van der Waals surface area contributed by atoms with Crippen molar-refractivity contribution in [1.29, 1.82) is 0 Å². The van der Waals surface area contributed by atoms with Crippen molar-refractivity contribution in [2.45, 2.75) is 98.8 Å². The Kier molecular flexibility index (Phi) is 9.33. The Morgan fingerprint density at radius 2 is 1.35 bits per heavy atom. The van der Waals surface area contributed by atoms with Gasteiger partial charge in [0.25, 0.3) is 0 Å². The van der Waals surface area contributed by atoms with Gasteiger partial charge in [-0.2, -0.15) is 5.10 Å². The Bertz CT molecular complexity index is 2350. The highest BCUT2D eigenvalue weighted by atomic mass is 16.5. The van der Waals surface area contributed by atoms with E-state index in [1.165, 1.54) is 49.7 Å². The second kappa shape index (κ2) is 13.8. The summed E-state index contributed by atoms with van der Waals surface area (Å²) in [7, 11) is 0. The van der Waals surface area contributed by atoms with Crippen LogP contribution in [0.4, 0.5) is 0 Å². The fourth-order valence-corrected chi connectivity index (χ4v) is 7.80. The minimum absolute atomic E-state index is 0.0274. The van der Waals surface area contributed by atoms with Crippen molar-refractivity contribution in [2.24, 2.45) is 0 Å². The third-order valence-electron chi connectivity index (χ3n) is 10.1. The lowest BCUT2D eigenvalue weighted by Gasteiger charge is -2.33. The molecule has 0 bridgehead atoms. The van der Waals surface area contributed by atoms with Gasteiger partial charge in [0, 0.05) is 40.9 Å². The van der Waals surface area contributed by atoms with Crippen LogP contribution in [-0.4, -0.2) is 19.3 Å². The predicted octanol–water partition coefficient (Wildman–Crippen LogP) is 12.6. The molecule has 52 heavy (non-hydrogen) atoms. The van der Waals surface area contributed by atoms with Gasteiger partial charge in [-0.1, -0.05) is 98.6 Å². The lowest BCUT2D eigenvalue weighted by Crippen LogP contribution is -2.22. The summed E-state index contributed by atoms with van der Waals surface area (Å²) in [6.45, 7) is 20.8. The average molecular weight is 689 g/mol. The van der Waals surface area contributed by atoms with Crippen LogP contribution in [0.1, 0.15) is 96.0 Å². The number of pyridine rings is 1. The van der Waals surface area contributed by atoms with E-state index in [2.05, 4.69) is 146 Å². The van der Waals surface area contributed by atoms with E-state index in [9.17, 15) is 0 Å². The van der Waals surface area contributed by atoms with E-state index in [1.807, 2.05) is 29.1 Å². The summed E-state index contributed by atoms with van der Waals surface area (Å²) in [5.41, 5.74) is 12.8. The highest BCUT2D eigenvalue weighted by molar-refractivity contribution is 6.09. The molecule has 7 rings (SSSR count). The number of fused-ring (bicyclic) bond motifs is 3. The van der Waals surface area contributed by atoms with Crippen LogP contribution in [0.25, 0.3) is 44.4 Å². The monoisotopic (exact) mass is 688 g/mol. The fraction of sp³-hybridized carbons (Fsp3) is 0.319. The molecular weight excluding hydrogens is 637 g/mol. The van der Waals surface area contributed by atoms with Crippen LogP contribution in [0.15, 0.2) is 104 Å². The average Bonchev–Trinajstić information content (AvgIpc) is 3.71. The SMILES string of the molecule is CCCc1c(C(C)(C)C)cc(C(C)(C)C)c(CCC)c1-c1cnn(-c2cccc(Oc3ccc4c5ccccc5n(-c5cc(C)ccn5)c4c3)c2)c1. The number of hydrogen-bond acceptors (Lipinski definition) is 3. The van der Waals surface area contributed by atoms with E-state index in [0.717, 1.165) is 59.7 Å². The van der Waals surface area contributed by atoms with Gasteiger partial charge in [0.15, 0.2) is 0 Å². The summed E-state index contributed by atoms with van der Waals surface area (Å²) in [5.74, 6) is 2.42. The Hall–Kier alpha value is -5.16. The van der Waals surface area contributed by atoms with Gasteiger partial charge >= 0.3 is 0 Å².